The van der Waals surface area contributed by atoms with Crippen molar-refractivity contribution >= 4 is 5.91 Å². The highest BCUT2D eigenvalue weighted by Gasteiger charge is 2.17. The summed E-state index contributed by atoms with van der Waals surface area (Å²) in [4.78, 5) is 13.8. The van der Waals surface area contributed by atoms with Gasteiger partial charge in [0.2, 0.25) is 0 Å². The van der Waals surface area contributed by atoms with E-state index in [1.807, 2.05) is 30.3 Å². The molecule has 2 aromatic rings. The van der Waals surface area contributed by atoms with Crippen LogP contribution in [0.25, 0.3) is 11.3 Å². The average molecular weight is 271 g/mol. The van der Waals surface area contributed by atoms with Gasteiger partial charge in [0.05, 0.1) is 12.3 Å². The van der Waals surface area contributed by atoms with Crippen LogP contribution in [-0.4, -0.2) is 45.8 Å². The van der Waals surface area contributed by atoms with E-state index in [1.54, 1.807) is 12.1 Å². The Hall–Kier alpha value is -2.40. The van der Waals surface area contributed by atoms with Crippen molar-refractivity contribution in [1.29, 1.82) is 0 Å². The molecule has 0 fully saturated rings. The zero-order valence-corrected chi connectivity index (χ0v) is 11.1. The molecule has 0 saturated heterocycles. The van der Waals surface area contributed by atoms with Gasteiger partial charge in [-0.25, -0.2) is 0 Å². The first-order valence-corrected chi connectivity index (χ1v) is 6.38. The lowest BCUT2D eigenvalue weighted by Crippen LogP contribution is -2.33. The van der Waals surface area contributed by atoms with Gasteiger partial charge in [0.1, 0.15) is 5.69 Å². The van der Waals surface area contributed by atoms with E-state index in [1.165, 1.54) is 4.90 Å². The summed E-state index contributed by atoms with van der Waals surface area (Å²) in [5, 5.41) is 15.9. The maximum Gasteiger partial charge on any atom is 0.272 e. The summed E-state index contributed by atoms with van der Waals surface area (Å²) in [5.41, 5.74) is 2.07. The lowest BCUT2D eigenvalue weighted by molar-refractivity contribution is 0.0737. The third kappa shape index (κ3) is 3.13. The molecule has 2 rings (SSSR count). The number of aliphatic hydroxyl groups is 1. The van der Waals surface area contributed by atoms with Crippen LogP contribution in [-0.2, 0) is 0 Å². The van der Waals surface area contributed by atoms with Crippen molar-refractivity contribution in [3.63, 3.8) is 0 Å². The van der Waals surface area contributed by atoms with Crippen LogP contribution in [0.4, 0.5) is 0 Å². The van der Waals surface area contributed by atoms with E-state index in [4.69, 9.17) is 5.11 Å². The van der Waals surface area contributed by atoms with Gasteiger partial charge < -0.3 is 10.0 Å². The van der Waals surface area contributed by atoms with Crippen LogP contribution >= 0.6 is 0 Å². The number of nitrogens with one attached hydrogen (secondary N) is 1. The standard InChI is InChI=1S/C15H17N3O2/c1-2-8-18(9-10-19)15(20)14-11-13(16-17-14)12-6-4-3-5-7-12/h2-7,11,19H,1,8-10H2,(H,16,17). The second kappa shape index (κ2) is 6.68. The molecule has 0 unspecified atom stereocenters. The summed E-state index contributed by atoms with van der Waals surface area (Å²) in [7, 11) is 0. The molecule has 1 aromatic heterocycles. The number of hydrogen-bond donors (Lipinski definition) is 2. The lowest BCUT2D eigenvalue weighted by Gasteiger charge is -2.18. The molecular weight excluding hydrogens is 254 g/mol. The van der Waals surface area contributed by atoms with Crippen molar-refractivity contribution in [3.8, 4) is 11.3 Å². The molecule has 0 radical (unpaired) electrons. The van der Waals surface area contributed by atoms with Crippen LogP contribution in [0, 0.1) is 0 Å². The summed E-state index contributed by atoms with van der Waals surface area (Å²) >= 11 is 0. The molecule has 104 valence electrons. The van der Waals surface area contributed by atoms with E-state index in [9.17, 15) is 4.79 Å². The molecule has 0 bridgehead atoms. The SMILES string of the molecule is C=CCN(CCO)C(=O)c1cc(-c2ccccc2)n[nH]1. The maximum absolute atomic E-state index is 12.3. The van der Waals surface area contributed by atoms with Crippen molar-refractivity contribution < 1.29 is 9.90 Å². The predicted molar refractivity (Wildman–Crippen MR) is 77.2 cm³/mol. The van der Waals surface area contributed by atoms with Gasteiger partial charge in [0.25, 0.3) is 5.91 Å². The van der Waals surface area contributed by atoms with Gasteiger partial charge in [-0.2, -0.15) is 5.10 Å². The van der Waals surface area contributed by atoms with E-state index in [0.29, 0.717) is 12.2 Å². The summed E-state index contributed by atoms with van der Waals surface area (Å²) in [6.45, 7) is 4.18. The number of rotatable bonds is 6. The van der Waals surface area contributed by atoms with Crippen LogP contribution in [0.5, 0.6) is 0 Å². The van der Waals surface area contributed by atoms with Crippen molar-refractivity contribution in [2.45, 2.75) is 0 Å². The van der Waals surface area contributed by atoms with Gasteiger partial charge in [-0.3, -0.25) is 9.89 Å². The highest BCUT2D eigenvalue weighted by Crippen LogP contribution is 2.17. The Balaban J connectivity index is 2.19. The molecule has 0 aliphatic carbocycles. The Bertz CT molecular complexity index is 578. The monoisotopic (exact) mass is 271 g/mol. The first-order chi connectivity index (χ1) is 9.76. The molecule has 1 aromatic carbocycles. The Morgan fingerprint density at radius 3 is 2.80 bits per heavy atom. The number of H-pyrrole nitrogens is 1. The number of carbonyl (C=O) groups is 1. The first kappa shape index (κ1) is 14.0. The number of nitrogens with zero attached hydrogens (tertiary/aromatic N) is 2. The van der Waals surface area contributed by atoms with E-state index in [0.717, 1.165) is 11.3 Å². The summed E-state index contributed by atoms with van der Waals surface area (Å²) in [5.74, 6) is -0.200. The van der Waals surface area contributed by atoms with Crippen LogP contribution in [0.15, 0.2) is 49.1 Å². The molecule has 0 spiro atoms. The fourth-order valence-corrected chi connectivity index (χ4v) is 1.91. The Kier molecular flexibility index (Phi) is 4.68. The van der Waals surface area contributed by atoms with Gasteiger partial charge in [-0.15, -0.1) is 6.58 Å². The van der Waals surface area contributed by atoms with Gasteiger partial charge in [0.15, 0.2) is 0 Å². The van der Waals surface area contributed by atoms with Gasteiger partial charge in [-0.1, -0.05) is 36.4 Å². The van der Waals surface area contributed by atoms with Crippen LogP contribution in [0.3, 0.4) is 0 Å². The number of aromatic amines is 1. The molecule has 1 heterocycles. The lowest BCUT2D eigenvalue weighted by atomic mass is 10.1. The second-order valence-electron chi connectivity index (χ2n) is 4.30. The van der Waals surface area contributed by atoms with Gasteiger partial charge in [0, 0.05) is 18.7 Å². The highest BCUT2D eigenvalue weighted by atomic mass is 16.3. The molecule has 5 heteroatoms. The van der Waals surface area contributed by atoms with Crippen molar-refractivity contribution in [1.82, 2.24) is 15.1 Å². The number of aromatic nitrogens is 2. The van der Waals surface area contributed by atoms with Crippen LogP contribution in [0.2, 0.25) is 0 Å². The van der Waals surface area contributed by atoms with Crippen LogP contribution < -0.4 is 0 Å². The topological polar surface area (TPSA) is 69.2 Å². The third-order valence-corrected chi connectivity index (χ3v) is 2.88. The number of amides is 1. The Morgan fingerprint density at radius 2 is 2.15 bits per heavy atom. The molecule has 2 N–H and O–H groups in total. The number of carbonyl (C=O) groups excluding carboxylic acids is 1. The maximum atomic E-state index is 12.3. The molecule has 0 aliphatic rings. The quantitative estimate of drug-likeness (QED) is 0.786. The molecule has 1 amide bonds. The summed E-state index contributed by atoms with van der Waals surface area (Å²) in [6, 6.07) is 11.3. The van der Waals surface area contributed by atoms with E-state index >= 15 is 0 Å². The Labute approximate surface area is 117 Å². The minimum Gasteiger partial charge on any atom is -0.395 e. The molecule has 0 atom stereocenters. The van der Waals surface area contributed by atoms with Gasteiger partial charge >= 0.3 is 0 Å². The van der Waals surface area contributed by atoms with E-state index in [-0.39, 0.29) is 19.1 Å². The van der Waals surface area contributed by atoms with Crippen molar-refractivity contribution in [2.24, 2.45) is 0 Å². The minimum absolute atomic E-state index is 0.0841. The largest absolute Gasteiger partial charge is 0.395 e. The molecule has 5 nitrogen and oxygen atoms in total. The number of hydrogen-bond acceptors (Lipinski definition) is 3. The normalized spacial score (nSPS) is 10.2. The zero-order chi connectivity index (χ0) is 14.4. The molecule has 0 aliphatic heterocycles. The summed E-state index contributed by atoms with van der Waals surface area (Å²) < 4.78 is 0. The third-order valence-electron chi connectivity index (χ3n) is 2.88. The van der Waals surface area contributed by atoms with Crippen molar-refractivity contribution in [3.05, 3.63) is 54.7 Å². The average Bonchev–Trinajstić information content (AvgIpc) is 2.97. The van der Waals surface area contributed by atoms with E-state index < -0.39 is 0 Å². The fourth-order valence-electron chi connectivity index (χ4n) is 1.91. The fraction of sp³-hybridized carbons (Fsp3) is 0.200. The highest BCUT2D eigenvalue weighted by molar-refractivity contribution is 5.93. The van der Waals surface area contributed by atoms with Crippen molar-refractivity contribution in [2.75, 3.05) is 19.7 Å². The predicted octanol–water partition coefficient (Wildman–Crippen LogP) is 1.70. The van der Waals surface area contributed by atoms with Gasteiger partial charge in [-0.05, 0) is 6.07 Å². The molecule has 20 heavy (non-hydrogen) atoms. The first-order valence-electron chi connectivity index (χ1n) is 6.38. The second-order valence-corrected chi connectivity index (χ2v) is 4.30. The zero-order valence-electron chi connectivity index (χ0n) is 11.1. The number of benzene rings is 1. The minimum atomic E-state index is -0.200. The van der Waals surface area contributed by atoms with E-state index in [2.05, 4.69) is 16.8 Å². The molecular formula is C15H17N3O2. The smallest absolute Gasteiger partial charge is 0.272 e. The van der Waals surface area contributed by atoms with Crippen LogP contribution in [0.1, 0.15) is 10.5 Å². The summed E-state index contributed by atoms with van der Waals surface area (Å²) in [6.07, 6.45) is 1.63. The number of aliphatic hydroxyl groups excluding tert-OH is 1. The Morgan fingerprint density at radius 1 is 1.40 bits per heavy atom. The molecule has 0 saturated carbocycles.